The molecule has 3 aromatic rings. The summed E-state index contributed by atoms with van der Waals surface area (Å²) in [6.45, 7) is 2.28. The molecule has 3 N–H and O–H groups in total. The van der Waals surface area contributed by atoms with Gasteiger partial charge >= 0.3 is 6.18 Å². The fourth-order valence-electron chi connectivity index (χ4n) is 3.71. The molecule has 0 spiro atoms. The van der Waals surface area contributed by atoms with Gasteiger partial charge in [-0.05, 0) is 39.5 Å². The minimum Gasteiger partial charge on any atom is -0.348 e. The summed E-state index contributed by atoms with van der Waals surface area (Å²) in [6, 6.07) is -0.403. The third-order valence-corrected chi connectivity index (χ3v) is 5.57. The molecule has 12 heteroatoms. The maximum absolute atomic E-state index is 13.1. The van der Waals surface area contributed by atoms with Crippen LogP contribution in [0.3, 0.4) is 0 Å². The number of H-pyrrole nitrogens is 1. The van der Waals surface area contributed by atoms with E-state index in [-0.39, 0.29) is 23.7 Å². The molecule has 3 heterocycles. The summed E-state index contributed by atoms with van der Waals surface area (Å²) >= 11 is 0. The van der Waals surface area contributed by atoms with Gasteiger partial charge in [-0.2, -0.15) is 18.3 Å². The first-order valence-electron chi connectivity index (χ1n) is 9.99. The molecule has 0 aliphatic heterocycles. The number of aromatic nitrogens is 6. The van der Waals surface area contributed by atoms with Crippen molar-refractivity contribution in [1.29, 1.82) is 0 Å². The molecule has 4 rings (SSSR count). The Morgan fingerprint density at radius 2 is 1.87 bits per heavy atom. The Morgan fingerprint density at radius 1 is 1.16 bits per heavy atom. The van der Waals surface area contributed by atoms with E-state index in [9.17, 15) is 18.0 Å². The second-order valence-electron chi connectivity index (χ2n) is 8.26. The fourth-order valence-corrected chi connectivity index (χ4v) is 3.71. The van der Waals surface area contributed by atoms with Gasteiger partial charge in [-0.3, -0.25) is 14.5 Å². The topological polar surface area (TPSA) is 113 Å². The second kappa shape index (κ2) is 7.91. The highest BCUT2D eigenvalue weighted by Gasteiger charge is 2.48. The second-order valence-corrected chi connectivity index (χ2v) is 8.26. The number of hydrogen-bond donors (Lipinski definition) is 3. The van der Waals surface area contributed by atoms with Gasteiger partial charge in [0.2, 0.25) is 5.95 Å². The lowest BCUT2D eigenvalue weighted by Gasteiger charge is -2.37. The van der Waals surface area contributed by atoms with Crippen LogP contribution in [-0.4, -0.2) is 59.4 Å². The molecule has 1 fully saturated rings. The largest absolute Gasteiger partial charge is 0.406 e. The number of alkyl halides is 3. The molecule has 0 aromatic carbocycles. The summed E-state index contributed by atoms with van der Waals surface area (Å²) in [6.07, 6.45) is 4.17. The molecular weight excluding hydrogens is 413 g/mol. The molecule has 1 aliphatic rings. The zero-order valence-electron chi connectivity index (χ0n) is 17.1. The van der Waals surface area contributed by atoms with E-state index in [0.29, 0.717) is 42.7 Å². The minimum atomic E-state index is -4.33. The Labute approximate surface area is 175 Å². The number of hydrogen-bond acceptors (Lipinski definition) is 6. The Bertz CT molecular complexity index is 1050. The quantitative estimate of drug-likeness (QED) is 0.566. The molecule has 0 atom stereocenters. The monoisotopic (exact) mass is 436 g/mol. The standard InChI is InChI=1S/C19H23F3N8O/c1-18(2,19(20,21)22)28-12-5-3-11(4-6-12)25-16(31)15-14-13(9-24-29-14)26-17(27-15)30-8-7-23-10-30/h7-12,28H,3-6H2,1-2H3,(H,24,29)(H,25,31)/t11-,12-. The first kappa shape index (κ1) is 21.2. The molecule has 0 radical (unpaired) electrons. The van der Waals surface area contributed by atoms with E-state index >= 15 is 0 Å². The summed E-state index contributed by atoms with van der Waals surface area (Å²) < 4.78 is 40.9. The molecule has 9 nitrogen and oxygen atoms in total. The van der Waals surface area contributed by atoms with Crippen LogP contribution in [-0.2, 0) is 0 Å². The van der Waals surface area contributed by atoms with Crippen molar-refractivity contribution in [2.24, 2.45) is 0 Å². The van der Waals surface area contributed by atoms with Gasteiger partial charge in [-0.25, -0.2) is 15.0 Å². The van der Waals surface area contributed by atoms with Crippen molar-refractivity contribution in [3.8, 4) is 5.95 Å². The van der Waals surface area contributed by atoms with Gasteiger partial charge in [0.1, 0.15) is 22.9 Å². The van der Waals surface area contributed by atoms with Gasteiger partial charge in [0.15, 0.2) is 5.69 Å². The minimum absolute atomic E-state index is 0.149. The highest BCUT2D eigenvalue weighted by molar-refractivity contribution is 6.02. The van der Waals surface area contributed by atoms with Crippen molar-refractivity contribution in [3.05, 3.63) is 30.6 Å². The number of carbonyl (C=O) groups excluding carboxylic acids is 1. The number of amides is 1. The fraction of sp³-hybridized carbons (Fsp3) is 0.526. The number of nitrogens with zero attached hydrogens (tertiary/aromatic N) is 5. The average Bonchev–Trinajstić information content (AvgIpc) is 3.39. The van der Waals surface area contributed by atoms with Gasteiger partial charge in [0.05, 0.1) is 6.20 Å². The summed E-state index contributed by atoms with van der Waals surface area (Å²) in [5.74, 6) is -0.0936. The smallest absolute Gasteiger partial charge is 0.348 e. The van der Waals surface area contributed by atoms with Crippen molar-refractivity contribution in [2.75, 3.05) is 0 Å². The van der Waals surface area contributed by atoms with Crippen LogP contribution >= 0.6 is 0 Å². The Morgan fingerprint density at radius 3 is 2.52 bits per heavy atom. The van der Waals surface area contributed by atoms with E-state index < -0.39 is 11.7 Å². The molecule has 0 saturated heterocycles. The van der Waals surface area contributed by atoms with Crippen LogP contribution < -0.4 is 10.6 Å². The van der Waals surface area contributed by atoms with Crippen molar-refractivity contribution in [1.82, 2.24) is 40.3 Å². The Balaban J connectivity index is 1.43. The Hall–Kier alpha value is -3.02. The molecule has 166 valence electrons. The van der Waals surface area contributed by atoms with Crippen LogP contribution in [0.15, 0.2) is 24.9 Å². The highest BCUT2D eigenvalue weighted by Crippen LogP contribution is 2.32. The van der Waals surface area contributed by atoms with Gasteiger partial charge in [0, 0.05) is 24.5 Å². The predicted octanol–water partition coefficient (Wildman–Crippen LogP) is 2.51. The maximum Gasteiger partial charge on any atom is 0.406 e. The molecule has 1 aliphatic carbocycles. The number of carbonyl (C=O) groups is 1. The van der Waals surface area contributed by atoms with Crippen molar-refractivity contribution >= 4 is 16.9 Å². The van der Waals surface area contributed by atoms with E-state index in [1.807, 2.05) is 0 Å². The van der Waals surface area contributed by atoms with Crippen LogP contribution in [0.1, 0.15) is 50.0 Å². The van der Waals surface area contributed by atoms with Crippen LogP contribution in [0.2, 0.25) is 0 Å². The first-order chi connectivity index (χ1) is 14.6. The third-order valence-electron chi connectivity index (χ3n) is 5.57. The van der Waals surface area contributed by atoms with Crippen LogP contribution in [0.25, 0.3) is 17.0 Å². The van der Waals surface area contributed by atoms with Crippen LogP contribution in [0, 0.1) is 0 Å². The number of nitrogens with one attached hydrogen (secondary N) is 3. The van der Waals surface area contributed by atoms with Crippen molar-refractivity contribution < 1.29 is 18.0 Å². The maximum atomic E-state index is 13.1. The highest BCUT2D eigenvalue weighted by atomic mass is 19.4. The predicted molar refractivity (Wildman–Crippen MR) is 106 cm³/mol. The lowest BCUT2D eigenvalue weighted by molar-refractivity contribution is -0.188. The van der Waals surface area contributed by atoms with E-state index in [4.69, 9.17) is 0 Å². The van der Waals surface area contributed by atoms with Gasteiger partial charge in [0.25, 0.3) is 5.91 Å². The van der Waals surface area contributed by atoms with Crippen LogP contribution in [0.5, 0.6) is 0 Å². The average molecular weight is 436 g/mol. The zero-order valence-corrected chi connectivity index (χ0v) is 17.1. The van der Waals surface area contributed by atoms with Crippen LogP contribution in [0.4, 0.5) is 13.2 Å². The Kier molecular flexibility index (Phi) is 5.42. The lowest BCUT2D eigenvalue weighted by Crippen LogP contribution is -2.57. The van der Waals surface area contributed by atoms with E-state index in [2.05, 4.69) is 35.8 Å². The number of halogens is 3. The van der Waals surface area contributed by atoms with E-state index in [0.717, 1.165) is 13.8 Å². The molecule has 0 bridgehead atoms. The summed E-state index contributed by atoms with van der Waals surface area (Å²) in [5, 5.41) is 12.3. The number of aromatic amines is 1. The van der Waals surface area contributed by atoms with E-state index in [1.54, 1.807) is 17.0 Å². The lowest BCUT2D eigenvalue weighted by atomic mass is 9.89. The molecule has 1 saturated carbocycles. The van der Waals surface area contributed by atoms with Gasteiger partial charge in [-0.15, -0.1) is 0 Å². The molecule has 3 aromatic heterocycles. The number of rotatable bonds is 5. The molecule has 0 unspecified atom stereocenters. The van der Waals surface area contributed by atoms with Crippen molar-refractivity contribution in [2.45, 2.75) is 63.3 Å². The van der Waals surface area contributed by atoms with Gasteiger partial charge in [-0.1, -0.05) is 0 Å². The SMILES string of the molecule is CC(C)(N[C@H]1CC[C@H](NC(=O)c2nc(-n3ccnc3)nc3cn[nH]c23)CC1)C(F)(F)F. The normalized spacial score (nSPS) is 20.2. The van der Waals surface area contributed by atoms with Gasteiger partial charge < -0.3 is 10.6 Å². The number of imidazole rings is 1. The van der Waals surface area contributed by atoms with Crippen molar-refractivity contribution in [3.63, 3.8) is 0 Å². The first-order valence-corrected chi connectivity index (χ1v) is 9.99. The van der Waals surface area contributed by atoms with E-state index in [1.165, 1.54) is 12.5 Å². The molecule has 1 amide bonds. The third kappa shape index (κ3) is 4.38. The summed E-state index contributed by atoms with van der Waals surface area (Å²) in [4.78, 5) is 25.6. The molecular formula is C19H23F3N8O. The summed E-state index contributed by atoms with van der Waals surface area (Å²) in [7, 11) is 0. The number of fused-ring (bicyclic) bond motifs is 1. The molecule has 31 heavy (non-hydrogen) atoms. The zero-order chi connectivity index (χ0) is 22.2. The summed E-state index contributed by atoms with van der Waals surface area (Å²) in [5.41, 5.74) is -0.885.